The molecule has 5 heteroatoms. The molecule has 21 heavy (non-hydrogen) atoms. The Morgan fingerprint density at radius 2 is 2.00 bits per heavy atom. The largest absolute Gasteiger partial charge is 0.495 e. The van der Waals surface area contributed by atoms with Crippen LogP contribution in [0.1, 0.15) is 5.56 Å². The first kappa shape index (κ1) is 15.4. The number of carbonyl (C=O) groups is 1. The number of methoxy groups -OCH3 is 1. The van der Waals surface area contributed by atoms with Crippen LogP contribution >= 0.6 is 15.9 Å². The van der Waals surface area contributed by atoms with Gasteiger partial charge in [0.05, 0.1) is 12.8 Å². The summed E-state index contributed by atoms with van der Waals surface area (Å²) in [7, 11) is 1.58. The van der Waals surface area contributed by atoms with Gasteiger partial charge in [-0.1, -0.05) is 40.2 Å². The first-order valence-electron chi connectivity index (χ1n) is 6.61. The van der Waals surface area contributed by atoms with E-state index in [9.17, 15) is 4.79 Å². The van der Waals surface area contributed by atoms with Crippen molar-refractivity contribution in [3.05, 3.63) is 58.6 Å². The molecular formula is C16H17BrN2O2. The highest BCUT2D eigenvalue weighted by atomic mass is 79.9. The van der Waals surface area contributed by atoms with Crippen molar-refractivity contribution in [2.24, 2.45) is 0 Å². The van der Waals surface area contributed by atoms with E-state index in [1.165, 1.54) is 5.56 Å². The molecular weight excluding hydrogens is 332 g/mol. The number of urea groups is 1. The SMILES string of the molecule is COc1ccccc1NC(=O)NCCc1cccc(Br)c1. The minimum atomic E-state index is -0.241. The van der Waals surface area contributed by atoms with E-state index < -0.39 is 0 Å². The summed E-state index contributed by atoms with van der Waals surface area (Å²) >= 11 is 3.43. The number of amides is 2. The summed E-state index contributed by atoms with van der Waals surface area (Å²) in [5, 5.41) is 5.60. The number of hydrogen-bond donors (Lipinski definition) is 2. The molecule has 2 N–H and O–H groups in total. The van der Waals surface area contributed by atoms with Crippen LogP contribution in [0.5, 0.6) is 5.75 Å². The number of halogens is 1. The van der Waals surface area contributed by atoms with E-state index >= 15 is 0 Å². The Morgan fingerprint density at radius 3 is 2.76 bits per heavy atom. The molecule has 0 aliphatic rings. The molecule has 110 valence electrons. The third-order valence-corrected chi connectivity index (χ3v) is 3.44. The van der Waals surface area contributed by atoms with Gasteiger partial charge in [-0.05, 0) is 36.2 Å². The summed E-state index contributed by atoms with van der Waals surface area (Å²) in [5.41, 5.74) is 1.82. The zero-order valence-corrected chi connectivity index (χ0v) is 13.3. The molecule has 0 aliphatic carbocycles. The number of rotatable bonds is 5. The summed E-state index contributed by atoms with van der Waals surface area (Å²) in [6, 6.07) is 15.1. The maximum atomic E-state index is 11.9. The number of hydrogen-bond acceptors (Lipinski definition) is 2. The van der Waals surface area contributed by atoms with E-state index in [4.69, 9.17) is 4.74 Å². The van der Waals surface area contributed by atoms with Gasteiger partial charge in [-0.15, -0.1) is 0 Å². The number of carbonyl (C=O) groups excluding carboxylic acids is 1. The van der Waals surface area contributed by atoms with E-state index in [2.05, 4.69) is 26.6 Å². The molecule has 0 aliphatic heterocycles. The zero-order chi connectivity index (χ0) is 15.1. The monoisotopic (exact) mass is 348 g/mol. The fraction of sp³-hybridized carbons (Fsp3) is 0.188. The number of para-hydroxylation sites is 2. The highest BCUT2D eigenvalue weighted by Crippen LogP contribution is 2.22. The molecule has 0 saturated carbocycles. The van der Waals surface area contributed by atoms with Crippen LogP contribution in [0.3, 0.4) is 0 Å². The molecule has 0 heterocycles. The van der Waals surface area contributed by atoms with Crippen molar-refractivity contribution in [2.45, 2.75) is 6.42 Å². The highest BCUT2D eigenvalue weighted by Gasteiger charge is 2.05. The molecule has 0 saturated heterocycles. The molecule has 0 radical (unpaired) electrons. The van der Waals surface area contributed by atoms with Crippen molar-refractivity contribution >= 4 is 27.6 Å². The Bertz CT molecular complexity index is 617. The van der Waals surface area contributed by atoms with Crippen LogP contribution in [0, 0.1) is 0 Å². The number of benzene rings is 2. The smallest absolute Gasteiger partial charge is 0.319 e. The van der Waals surface area contributed by atoms with Crippen LogP contribution in [0.25, 0.3) is 0 Å². The first-order chi connectivity index (χ1) is 10.2. The quantitative estimate of drug-likeness (QED) is 0.862. The van der Waals surface area contributed by atoms with Crippen LogP contribution in [0.4, 0.5) is 10.5 Å². The molecule has 0 unspecified atom stereocenters. The Balaban J connectivity index is 1.82. The van der Waals surface area contributed by atoms with Crippen molar-refractivity contribution in [3.63, 3.8) is 0 Å². The summed E-state index contributed by atoms with van der Waals surface area (Å²) in [4.78, 5) is 11.9. The lowest BCUT2D eigenvalue weighted by Gasteiger charge is -2.11. The number of ether oxygens (including phenoxy) is 1. The lowest BCUT2D eigenvalue weighted by molar-refractivity contribution is 0.252. The molecule has 2 rings (SSSR count). The average molecular weight is 349 g/mol. The van der Waals surface area contributed by atoms with Crippen molar-refractivity contribution in [2.75, 3.05) is 19.0 Å². The molecule has 0 aromatic heterocycles. The average Bonchev–Trinajstić information content (AvgIpc) is 2.48. The van der Waals surface area contributed by atoms with Crippen molar-refractivity contribution in [1.29, 1.82) is 0 Å². The predicted molar refractivity (Wildman–Crippen MR) is 87.9 cm³/mol. The molecule has 2 aromatic rings. The molecule has 2 aromatic carbocycles. The van der Waals surface area contributed by atoms with E-state index in [1.807, 2.05) is 36.4 Å². The zero-order valence-electron chi connectivity index (χ0n) is 11.7. The third-order valence-electron chi connectivity index (χ3n) is 2.94. The molecule has 0 fully saturated rings. The van der Waals surface area contributed by atoms with E-state index in [-0.39, 0.29) is 6.03 Å². The second kappa shape index (κ2) is 7.69. The summed E-state index contributed by atoms with van der Waals surface area (Å²) < 4.78 is 6.23. The normalized spacial score (nSPS) is 10.0. The van der Waals surface area contributed by atoms with Gasteiger partial charge < -0.3 is 15.4 Å². The van der Waals surface area contributed by atoms with Crippen LogP contribution in [0.15, 0.2) is 53.0 Å². The van der Waals surface area contributed by atoms with Gasteiger partial charge in [0.2, 0.25) is 0 Å². The number of anilines is 1. The predicted octanol–water partition coefficient (Wildman–Crippen LogP) is 3.82. The van der Waals surface area contributed by atoms with E-state index in [0.717, 1.165) is 10.9 Å². The minimum absolute atomic E-state index is 0.241. The van der Waals surface area contributed by atoms with Crippen LogP contribution in [-0.2, 0) is 6.42 Å². The van der Waals surface area contributed by atoms with Gasteiger partial charge in [-0.2, -0.15) is 0 Å². The number of nitrogens with one attached hydrogen (secondary N) is 2. The standard InChI is InChI=1S/C16H17BrN2O2/c1-21-15-8-3-2-7-14(15)19-16(20)18-10-9-12-5-4-6-13(17)11-12/h2-8,11H,9-10H2,1H3,(H2,18,19,20). The fourth-order valence-corrected chi connectivity index (χ4v) is 2.37. The summed E-state index contributed by atoms with van der Waals surface area (Å²) in [6.07, 6.45) is 0.777. The van der Waals surface area contributed by atoms with Crippen molar-refractivity contribution < 1.29 is 9.53 Å². The van der Waals surface area contributed by atoms with Gasteiger partial charge in [0.25, 0.3) is 0 Å². The van der Waals surface area contributed by atoms with Crippen molar-refractivity contribution in [3.8, 4) is 5.75 Å². The second-order valence-electron chi connectivity index (χ2n) is 4.46. The molecule has 0 bridgehead atoms. The molecule has 0 spiro atoms. The first-order valence-corrected chi connectivity index (χ1v) is 7.40. The fourth-order valence-electron chi connectivity index (χ4n) is 1.93. The maximum Gasteiger partial charge on any atom is 0.319 e. The van der Waals surface area contributed by atoms with Crippen molar-refractivity contribution in [1.82, 2.24) is 5.32 Å². The van der Waals surface area contributed by atoms with Gasteiger partial charge in [0.1, 0.15) is 5.75 Å². The third kappa shape index (κ3) is 4.79. The molecule has 0 atom stereocenters. The van der Waals surface area contributed by atoms with Crippen LogP contribution in [-0.4, -0.2) is 19.7 Å². The lowest BCUT2D eigenvalue weighted by Crippen LogP contribution is -2.30. The van der Waals surface area contributed by atoms with Gasteiger partial charge in [0.15, 0.2) is 0 Å². The van der Waals surface area contributed by atoms with Crippen LogP contribution < -0.4 is 15.4 Å². The molecule has 4 nitrogen and oxygen atoms in total. The minimum Gasteiger partial charge on any atom is -0.495 e. The van der Waals surface area contributed by atoms with Gasteiger partial charge in [0, 0.05) is 11.0 Å². The van der Waals surface area contributed by atoms with E-state index in [1.54, 1.807) is 19.2 Å². The Morgan fingerprint density at radius 1 is 1.19 bits per heavy atom. The van der Waals surface area contributed by atoms with E-state index in [0.29, 0.717) is 18.0 Å². The topological polar surface area (TPSA) is 50.4 Å². The highest BCUT2D eigenvalue weighted by molar-refractivity contribution is 9.10. The molecule has 2 amide bonds. The van der Waals surface area contributed by atoms with Gasteiger partial charge in [-0.25, -0.2) is 4.79 Å². The maximum absolute atomic E-state index is 11.9. The van der Waals surface area contributed by atoms with Gasteiger partial charge in [-0.3, -0.25) is 0 Å². The Hall–Kier alpha value is -2.01. The lowest BCUT2D eigenvalue weighted by atomic mass is 10.1. The van der Waals surface area contributed by atoms with Crippen LogP contribution in [0.2, 0.25) is 0 Å². The summed E-state index contributed by atoms with van der Waals surface area (Å²) in [6.45, 7) is 0.567. The summed E-state index contributed by atoms with van der Waals surface area (Å²) in [5.74, 6) is 0.639. The Kier molecular flexibility index (Phi) is 5.63. The Labute approximate surface area is 132 Å². The van der Waals surface area contributed by atoms with Gasteiger partial charge >= 0.3 is 6.03 Å². The second-order valence-corrected chi connectivity index (χ2v) is 5.38.